The predicted molar refractivity (Wildman–Crippen MR) is 34.4 cm³/mol. The maximum atomic E-state index is 9.99. The van der Waals surface area contributed by atoms with Gasteiger partial charge in [-0.05, 0) is 0 Å². The van der Waals surface area contributed by atoms with E-state index in [0.29, 0.717) is 0 Å². The van der Waals surface area contributed by atoms with Crippen LogP contribution in [-0.2, 0) is 19.2 Å². The van der Waals surface area contributed by atoms with E-state index in [1.54, 1.807) is 0 Å². The molecule has 0 saturated heterocycles. The van der Waals surface area contributed by atoms with Crippen LogP contribution in [0.15, 0.2) is 0 Å². The van der Waals surface area contributed by atoms with E-state index in [1.807, 2.05) is 0 Å². The zero-order valence-electron chi connectivity index (χ0n) is 6.02. The van der Waals surface area contributed by atoms with Gasteiger partial charge in [-0.3, -0.25) is 9.59 Å². The molecule has 7 nitrogen and oxygen atoms in total. The molecule has 68 valence electrons. The lowest BCUT2D eigenvalue weighted by Crippen LogP contribution is -2.34. The minimum Gasteiger partial charge on any atom is -0.480 e. The fourth-order valence-electron chi connectivity index (χ4n) is 0.304. The average molecular weight is 176 g/mol. The summed E-state index contributed by atoms with van der Waals surface area (Å²) in [4.78, 5) is 36.1. The normalized spacial score (nSPS) is 10.1. The summed E-state index contributed by atoms with van der Waals surface area (Å²) in [5.74, 6) is -1.92. The highest BCUT2D eigenvalue weighted by Gasteiger charge is 2.13. The minimum absolute atomic E-state index is 0.250. The molecule has 5 N–H and O–H groups in total. The lowest BCUT2D eigenvalue weighted by atomic mass is 10.2. The lowest BCUT2D eigenvalue weighted by Gasteiger charge is -1.99. The van der Waals surface area contributed by atoms with E-state index in [2.05, 4.69) is 5.73 Å². The molecule has 0 rings (SSSR count). The number of carbonyl (C=O) groups is 2. The van der Waals surface area contributed by atoms with Crippen molar-refractivity contribution in [3.05, 3.63) is 0 Å². The maximum absolute atomic E-state index is 9.99. The second-order valence-corrected chi connectivity index (χ2v) is 1.70. The van der Waals surface area contributed by atoms with Crippen LogP contribution in [0, 0.1) is 0 Å². The number of hydrogen-bond donors (Lipinski definition) is 3. The van der Waals surface area contributed by atoms with Crippen LogP contribution in [0.4, 0.5) is 0 Å². The Bertz CT molecular complexity index is 196. The number of hydrogen-bond acceptors (Lipinski definition) is 5. The van der Waals surface area contributed by atoms with Gasteiger partial charge in [0.2, 0.25) is 5.91 Å². The third-order valence-corrected chi connectivity index (χ3v) is 0.738. The standard InChI is InChI=1S/C4H8N2O3.CO2/c5-2(4(8)9)1-3(6)7;2-1-3/h2H,1,5H2,(H2,6,7)(H,8,9);/t2-;/m0./s1. The number of aliphatic carboxylic acids is 1. The first kappa shape index (κ1) is 12.9. The Labute approximate surface area is 67.3 Å². The summed E-state index contributed by atoms with van der Waals surface area (Å²) in [5.41, 5.74) is 9.57. The molecule has 0 spiro atoms. The molecule has 1 amide bonds. The van der Waals surface area contributed by atoms with Crippen molar-refractivity contribution in [3.63, 3.8) is 0 Å². The smallest absolute Gasteiger partial charge is 0.373 e. The van der Waals surface area contributed by atoms with E-state index in [1.165, 1.54) is 0 Å². The Morgan fingerprint density at radius 3 is 1.83 bits per heavy atom. The third-order valence-electron chi connectivity index (χ3n) is 0.738. The molecule has 0 aromatic rings. The Morgan fingerprint density at radius 2 is 1.75 bits per heavy atom. The fourth-order valence-corrected chi connectivity index (χ4v) is 0.304. The van der Waals surface area contributed by atoms with Crippen molar-refractivity contribution in [2.45, 2.75) is 12.5 Å². The number of amides is 1. The second-order valence-electron chi connectivity index (χ2n) is 1.70. The van der Waals surface area contributed by atoms with Crippen molar-refractivity contribution in [2.75, 3.05) is 0 Å². The van der Waals surface area contributed by atoms with E-state index in [0.717, 1.165) is 0 Å². The SMILES string of the molecule is NC(=O)C[C@H](N)C(=O)O.O=C=O. The maximum Gasteiger partial charge on any atom is 0.373 e. The fraction of sp³-hybridized carbons (Fsp3) is 0.400. The zero-order valence-corrected chi connectivity index (χ0v) is 6.02. The van der Waals surface area contributed by atoms with Crippen LogP contribution in [0.2, 0.25) is 0 Å². The molecule has 0 aliphatic carbocycles. The number of rotatable bonds is 3. The largest absolute Gasteiger partial charge is 0.480 e. The third kappa shape index (κ3) is 11.1. The minimum atomic E-state index is -1.21. The van der Waals surface area contributed by atoms with Crippen LogP contribution < -0.4 is 11.5 Å². The quantitative estimate of drug-likeness (QED) is 0.441. The van der Waals surface area contributed by atoms with Gasteiger partial charge in [-0.15, -0.1) is 0 Å². The number of nitrogens with two attached hydrogens (primary N) is 2. The van der Waals surface area contributed by atoms with E-state index < -0.39 is 17.9 Å². The van der Waals surface area contributed by atoms with E-state index >= 15 is 0 Å². The number of carboxylic acids is 1. The van der Waals surface area contributed by atoms with Crippen LogP contribution in [0.5, 0.6) is 0 Å². The Morgan fingerprint density at radius 1 is 1.42 bits per heavy atom. The van der Waals surface area contributed by atoms with Crippen molar-refractivity contribution >= 4 is 18.0 Å². The summed E-state index contributed by atoms with van der Waals surface area (Å²) in [6, 6.07) is -1.16. The van der Waals surface area contributed by atoms with Gasteiger partial charge in [-0.1, -0.05) is 0 Å². The molecule has 1 atom stereocenters. The first-order valence-electron chi connectivity index (χ1n) is 2.71. The van der Waals surface area contributed by atoms with Crippen LogP contribution in [0.1, 0.15) is 6.42 Å². The Kier molecular flexibility index (Phi) is 7.95. The van der Waals surface area contributed by atoms with Crippen molar-refractivity contribution in [1.29, 1.82) is 0 Å². The van der Waals surface area contributed by atoms with Gasteiger partial charge < -0.3 is 16.6 Å². The van der Waals surface area contributed by atoms with E-state index in [4.69, 9.17) is 20.4 Å². The highest BCUT2D eigenvalue weighted by atomic mass is 16.4. The van der Waals surface area contributed by atoms with Crippen LogP contribution >= 0.6 is 0 Å². The molecule has 0 aliphatic heterocycles. The molecule has 12 heavy (non-hydrogen) atoms. The van der Waals surface area contributed by atoms with Crippen LogP contribution in [0.25, 0.3) is 0 Å². The topological polar surface area (TPSA) is 141 Å². The van der Waals surface area contributed by atoms with Crippen LogP contribution in [-0.4, -0.2) is 29.2 Å². The molecular weight excluding hydrogens is 168 g/mol. The Hall–Kier alpha value is -1.72. The van der Waals surface area contributed by atoms with Gasteiger partial charge >= 0.3 is 12.1 Å². The molecule has 0 aliphatic rings. The molecular formula is C5H8N2O5. The molecule has 0 fully saturated rings. The summed E-state index contributed by atoms with van der Waals surface area (Å²) in [5, 5.41) is 8.10. The summed E-state index contributed by atoms with van der Waals surface area (Å²) < 4.78 is 0. The molecule has 0 aromatic heterocycles. The highest BCUT2D eigenvalue weighted by Crippen LogP contribution is 1.84. The van der Waals surface area contributed by atoms with Gasteiger partial charge in [0.25, 0.3) is 0 Å². The number of primary amides is 1. The van der Waals surface area contributed by atoms with Gasteiger partial charge in [0.05, 0.1) is 6.42 Å². The van der Waals surface area contributed by atoms with Gasteiger partial charge in [0.1, 0.15) is 6.04 Å². The van der Waals surface area contributed by atoms with Gasteiger partial charge in [-0.25, -0.2) is 0 Å². The number of carboxylic acid groups (broad SMARTS) is 1. The van der Waals surface area contributed by atoms with Gasteiger partial charge in [0, 0.05) is 0 Å². The predicted octanol–water partition coefficient (Wildman–Crippen LogP) is -2.31. The molecule has 0 unspecified atom stereocenters. The van der Waals surface area contributed by atoms with Crippen molar-refractivity contribution in [2.24, 2.45) is 11.5 Å². The summed E-state index contributed by atoms with van der Waals surface area (Å²) in [6.45, 7) is 0. The molecule has 7 heteroatoms. The molecule has 0 bridgehead atoms. The highest BCUT2D eigenvalue weighted by molar-refractivity contribution is 5.82. The first-order valence-corrected chi connectivity index (χ1v) is 2.71. The van der Waals surface area contributed by atoms with Gasteiger partial charge in [0.15, 0.2) is 0 Å². The molecule has 0 heterocycles. The Balaban J connectivity index is 0. The van der Waals surface area contributed by atoms with Crippen LogP contribution in [0.3, 0.4) is 0 Å². The monoisotopic (exact) mass is 176 g/mol. The average Bonchev–Trinajstić information content (AvgIpc) is 1.87. The first-order chi connectivity index (χ1) is 5.45. The van der Waals surface area contributed by atoms with Crippen molar-refractivity contribution in [3.8, 4) is 0 Å². The van der Waals surface area contributed by atoms with Crippen molar-refractivity contribution in [1.82, 2.24) is 0 Å². The summed E-state index contributed by atoms with van der Waals surface area (Å²) >= 11 is 0. The summed E-state index contributed by atoms with van der Waals surface area (Å²) in [6.07, 6.45) is -0.0602. The number of carbonyl (C=O) groups excluding carboxylic acids is 3. The molecule has 0 radical (unpaired) electrons. The van der Waals surface area contributed by atoms with Crippen molar-refractivity contribution < 1.29 is 24.3 Å². The second kappa shape index (κ2) is 7.39. The summed E-state index contributed by atoms with van der Waals surface area (Å²) in [7, 11) is 0. The van der Waals surface area contributed by atoms with E-state index in [-0.39, 0.29) is 12.6 Å². The van der Waals surface area contributed by atoms with E-state index in [9.17, 15) is 9.59 Å². The lowest BCUT2D eigenvalue weighted by molar-refractivity contribution is -0.191. The molecule has 0 aromatic carbocycles. The molecule has 0 saturated carbocycles. The zero-order chi connectivity index (χ0) is 10.1. The van der Waals surface area contributed by atoms with Gasteiger partial charge in [-0.2, -0.15) is 9.59 Å².